The van der Waals surface area contributed by atoms with E-state index in [-0.39, 0.29) is 27.9 Å². The molecule has 0 saturated heterocycles. The number of hydrogen-bond donors (Lipinski definition) is 0. The van der Waals surface area contributed by atoms with Crippen molar-refractivity contribution < 1.29 is 36.6 Å². The maximum atomic E-state index is 12.5. The van der Waals surface area contributed by atoms with E-state index in [0.717, 1.165) is 0 Å². The van der Waals surface area contributed by atoms with Gasteiger partial charge in [0.15, 0.2) is 21.3 Å². The van der Waals surface area contributed by atoms with Gasteiger partial charge < -0.3 is 18.6 Å². The third-order valence-electron chi connectivity index (χ3n) is 4.30. The molecule has 0 amide bonds. The van der Waals surface area contributed by atoms with Crippen molar-refractivity contribution in [1.82, 2.24) is 0 Å². The number of ether oxygens (including phenoxy) is 3. The predicted octanol–water partition coefficient (Wildman–Crippen LogP) is 3.67. The fraction of sp³-hybridized carbons (Fsp3) is 0.130. The lowest BCUT2D eigenvalue weighted by Crippen LogP contribution is -2.08. The Balaban J connectivity index is 1.72. The number of sulfone groups is 1. The lowest BCUT2D eigenvalue weighted by Gasteiger charge is -2.09. The van der Waals surface area contributed by atoms with Gasteiger partial charge in [0.25, 0.3) is 0 Å². The summed E-state index contributed by atoms with van der Waals surface area (Å²) in [6, 6.07) is 15.4. The molecule has 8 nitrogen and oxygen atoms in total. The van der Waals surface area contributed by atoms with Crippen molar-refractivity contribution in [3.05, 3.63) is 83.8 Å². The molecule has 32 heavy (non-hydrogen) atoms. The van der Waals surface area contributed by atoms with Gasteiger partial charge in [-0.15, -0.1) is 0 Å². The number of carbonyl (C=O) groups excluding carboxylic acids is 2. The minimum Gasteiger partial charge on any atom is -0.493 e. The van der Waals surface area contributed by atoms with Gasteiger partial charge in [0, 0.05) is 6.08 Å². The van der Waals surface area contributed by atoms with Gasteiger partial charge in [-0.2, -0.15) is 0 Å². The van der Waals surface area contributed by atoms with Crippen molar-refractivity contribution in [3.63, 3.8) is 0 Å². The average molecular weight is 456 g/mol. The number of rotatable bonds is 8. The molecule has 166 valence electrons. The summed E-state index contributed by atoms with van der Waals surface area (Å²) in [5, 5.41) is 0. The molecule has 0 N–H and O–H groups in total. The molecule has 0 aliphatic rings. The van der Waals surface area contributed by atoms with E-state index in [4.69, 9.17) is 13.9 Å². The Hall–Kier alpha value is -3.85. The number of benzene rings is 2. The summed E-state index contributed by atoms with van der Waals surface area (Å²) in [5.41, 5.74) is 0.624. The summed E-state index contributed by atoms with van der Waals surface area (Å²) in [6.45, 7) is 0. The molecule has 0 atom stereocenters. The van der Waals surface area contributed by atoms with Crippen LogP contribution < -0.4 is 9.47 Å². The van der Waals surface area contributed by atoms with Gasteiger partial charge in [0.2, 0.25) is 5.76 Å². The van der Waals surface area contributed by atoms with Crippen LogP contribution in [0.4, 0.5) is 0 Å². The largest absolute Gasteiger partial charge is 0.493 e. The number of carbonyl (C=O) groups is 2. The van der Waals surface area contributed by atoms with Crippen LogP contribution in [0.3, 0.4) is 0 Å². The second-order valence-electron chi connectivity index (χ2n) is 6.49. The van der Waals surface area contributed by atoms with Crippen LogP contribution in [0.5, 0.6) is 11.5 Å². The summed E-state index contributed by atoms with van der Waals surface area (Å²) < 4.78 is 45.4. The van der Waals surface area contributed by atoms with Gasteiger partial charge in [-0.1, -0.05) is 24.3 Å². The topological polar surface area (TPSA) is 109 Å². The molecular weight excluding hydrogens is 436 g/mol. The molecule has 0 aliphatic carbocycles. The Morgan fingerprint density at radius 3 is 2.41 bits per heavy atom. The molecule has 0 bridgehead atoms. The molecule has 1 aromatic heterocycles. The zero-order valence-electron chi connectivity index (χ0n) is 17.3. The monoisotopic (exact) mass is 456 g/mol. The Morgan fingerprint density at radius 2 is 1.72 bits per heavy atom. The summed E-state index contributed by atoms with van der Waals surface area (Å²) in [4.78, 5) is 23.9. The van der Waals surface area contributed by atoms with Crippen LogP contribution in [0.1, 0.15) is 21.9 Å². The Labute approximate surface area is 184 Å². The maximum Gasteiger partial charge on any atom is 0.379 e. The van der Waals surface area contributed by atoms with Crippen LogP contribution in [-0.4, -0.2) is 34.6 Å². The van der Waals surface area contributed by atoms with Gasteiger partial charge in [0.05, 0.1) is 19.1 Å². The molecule has 9 heteroatoms. The smallest absolute Gasteiger partial charge is 0.379 e. The second-order valence-corrected chi connectivity index (χ2v) is 8.48. The van der Waals surface area contributed by atoms with Gasteiger partial charge in [-0.3, -0.25) is 0 Å². The Morgan fingerprint density at radius 1 is 0.969 bits per heavy atom. The normalized spacial score (nSPS) is 11.3. The fourth-order valence-electron chi connectivity index (χ4n) is 2.72. The van der Waals surface area contributed by atoms with Crippen LogP contribution in [-0.2, 0) is 25.1 Å². The average Bonchev–Trinajstić information content (AvgIpc) is 3.26. The highest BCUT2D eigenvalue weighted by Gasteiger charge is 2.21. The highest BCUT2D eigenvalue weighted by molar-refractivity contribution is 7.90. The molecule has 3 rings (SSSR count). The van der Waals surface area contributed by atoms with Gasteiger partial charge in [0.1, 0.15) is 11.5 Å². The molecule has 3 aromatic rings. The zero-order valence-corrected chi connectivity index (χ0v) is 18.1. The standard InChI is InChI=1S/C23H20O8S/c1-28-21-14-16(9-13-22(24)29-2)8-11-19(21)31-23(25)20-12-10-17(30-20)15-32(26,27)18-6-4-3-5-7-18/h3-14H,15H2,1-2H3/b13-9+. The van der Waals surface area contributed by atoms with Crippen LogP contribution in [0.15, 0.2) is 76.1 Å². The summed E-state index contributed by atoms with van der Waals surface area (Å²) in [7, 11) is -0.945. The summed E-state index contributed by atoms with van der Waals surface area (Å²) in [6.07, 6.45) is 2.76. The van der Waals surface area contributed by atoms with Crippen molar-refractivity contribution in [2.45, 2.75) is 10.6 Å². The van der Waals surface area contributed by atoms with E-state index < -0.39 is 27.5 Å². The molecule has 2 aromatic carbocycles. The number of hydrogen-bond acceptors (Lipinski definition) is 8. The van der Waals surface area contributed by atoms with E-state index in [9.17, 15) is 18.0 Å². The lowest BCUT2D eigenvalue weighted by molar-refractivity contribution is -0.134. The van der Waals surface area contributed by atoms with Crippen molar-refractivity contribution in [3.8, 4) is 11.5 Å². The number of furan rings is 1. The molecule has 0 fully saturated rings. The third kappa shape index (κ3) is 5.64. The quantitative estimate of drug-likeness (QED) is 0.287. The minimum absolute atomic E-state index is 0.107. The first-order valence-corrected chi connectivity index (χ1v) is 11.0. The molecule has 0 unspecified atom stereocenters. The fourth-order valence-corrected chi connectivity index (χ4v) is 3.99. The van der Waals surface area contributed by atoms with Crippen molar-refractivity contribution in [2.24, 2.45) is 0 Å². The minimum atomic E-state index is -3.62. The molecule has 0 spiro atoms. The molecule has 0 aliphatic heterocycles. The molecule has 0 radical (unpaired) electrons. The van der Waals surface area contributed by atoms with Crippen LogP contribution in [0, 0.1) is 0 Å². The highest BCUT2D eigenvalue weighted by atomic mass is 32.2. The molecule has 1 heterocycles. The maximum absolute atomic E-state index is 12.5. The van der Waals surface area contributed by atoms with E-state index in [2.05, 4.69) is 4.74 Å². The first-order valence-electron chi connectivity index (χ1n) is 9.35. The SMILES string of the molecule is COC(=O)/C=C/c1ccc(OC(=O)c2ccc(CS(=O)(=O)c3ccccc3)o2)c(OC)c1. The molecular formula is C23H20O8S. The first kappa shape index (κ1) is 22.8. The second kappa shape index (κ2) is 9.97. The van der Waals surface area contributed by atoms with E-state index in [1.807, 2.05) is 0 Å². The van der Waals surface area contributed by atoms with Crippen LogP contribution in [0.2, 0.25) is 0 Å². The van der Waals surface area contributed by atoms with E-state index in [1.54, 1.807) is 30.3 Å². The van der Waals surface area contributed by atoms with Crippen molar-refractivity contribution >= 4 is 27.9 Å². The predicted molar refractivity (Wildman–Crippen MR) is 115 cm³/mol. The van der Waals surface area contributed by atoms with Crippen LogP contribution in [0.25, 0.3) is 6.08 Å². The Bertz CT molecular complexity index is 1240. The first-order chi connectivity index (χ1) is 15.3. The Kier molecular flexibility index (Phi) is 7.11. The summed E-state index contributed by atoms with van der Waals surface area (Å²) >= 11 is 0. The third-order valence-corrected chi connectivity index (χ3v) is 5.96. The van der Waals surface area contributed by atoms with E-state index >= 15 is 0 Å². The van der Waals surface area contributed by atoms with Gasteiger partial charge in [-0.25, -0.2) is 18.0 Å². The lowest BCUT2D eigenvalue weighted by atomic mass is 10.2. The van der Waals surface area contributed by atoms with Crippen LogP contribution >= 0.6 is 0 Å². The summed E-state index contributed by atoms with van der Waals surface area (Å²) in [5.74, 6) is -1.39. The van der Waals surface area contributed by atoms with Crippen molar-refractivity contribution in [2.75, 3.05) is 14.2 Å². The zero-order chi connectivity index (χ0) is 23.1. The van der Waals surface area contributed by atoms with Gasteiger partial charge >= 0.3 is 11.9 Å². The number of esters is 2. The van der Waals surface area contributed by atoms with E-state index in [1.165, 1.54) is 56.7 Å². The highest BCUT2D eigenvalue weighted by Crippen LogP contribution is 2.29. The van der Waals surface area contributed by atoms with Gasteiger partial charge in [-0.05, 0) is 48.0 Å². The molecule has 0 saturated carbocycles. The van der Waals surface area contributed by atoms with Crippen molar-refractivity contribution in [1.29, 1.82) is 0 Å². The van der Waals surface area contributed by atoms with E-state index in [0.29, 0.717) is 5.56 Å². The number of methoxy groups -OCH3 is 2.